The van der Waals surface area contributed by atoms with Crippen molar-refractivity contribution in [2.45, 2.75) is 25.6 Å². The zero-order chi connectivity index (χ0) is 22.0. The third kappa shape index (κ3) is 3.83. The maximum atomic E-state index is 13.4. The molecule has 2 atom stereocenters. The molecule has 0 saturated heterocycles. The molecule has 0 aliphatic carbocycles. The molecule has 0 fully saturated rings. The summed E-state index contributed by atoms with van der Waals surface area (Å²) in [5, 5.41) is 0. The molecule has 0 radical (unpaired) electrons. The second-order valence-electron chi connectivity index (χ2n) is 8.38. The average molecular weight is 426 g/mol. The van der Waals surface area contributed by atoms with Gasteiger partial charge in [-0.25, -0.2) is 9.47 Å². The summed E-state index contributed by atoms with van der Waals surface area (Å²) in [5.41, 5.74) is 4.29. The van der Waals surface area contributed by atoms with Crippen molar-refractivity contribution in [3.8, 4) is 11.3 Å². The quantitative estimate of drug-likeness (QED) is 0.381. The number of ether oxygens (including phenoxy) is 1. The minimum Gasteiger partial charge on any atom is -0.435 e. The fraction of sp³-hybridized carbons (Fsp3) is 0.185. The van der Waals surface area contributed by atoms with Gasteiger partial charge in [0.2, 0.25) is 0 Å². The molecule has 5 heteroatoms. The minimum absolute atomic E-state index is 0.0542. The number of oxazole rings is 1. The summed E-state index contributed by atoms with van der Waals surface area (Å²) in [6.45, 7) is 0.764. The number of fused-ring (bicyclic) bond motifs is 1. The van der Waals surface area contributed by atoms with Crippen LogP contribution in [0, 0.1) is 0 Å². The van der Waals surface area contributed by atoms with Gasteiger partial charge in [-0.2, -0.15) is 4.79 Å². The van der Waals surface area contributed by atoms with Crippen LogP contribution in [0.4, 0.5) is 4.79 Å². The first kappa shape index (κ1) is 20.2. The maximum absolute atomic E-state index is 13.4. The normalized spacial score (nSPS) is 19.8. The van der Waals surface area contributed by atoms with Gasteiger partial charge < -0.3 is 9.15 Å². The van der Waals surface area contributed by atoms with Gasteiger partial charge in [-0.1, -0.05) is 84.9 Å². The topological polar surface area (TPSA) is 52.3 Å². The van der Waals surface area contributed by atoms with Gasteiger partial charge in [-0.05, 0) is 11.1 Å². The Kier molecular flexibility index (Phi) is 5.33. The third-order valence-corrected chi connectivity index (χ3v) is 6.21. The van der Waals surface area contributed by atoms with Gasteiger partial charge in [0, 0.05) is 17.5 Å². The standard InChI is InChI=1S/C27H25N2O3/c1-29(27(30)31-19-20-10-4-2-5-11-20)18-23-15-9-8-14-22(23)16-24(29)26-28-17-25(32-26)21-12-6-3-7-13-21/h2-15,17,24H,16,18-19H2,1H3/q+1/t24-,29?/m0/s1. The molecule has 5 nitrogen and oxygen atoms in total. The van der Waals surface area contributed by atoms with Crippen LogP contribution in [-0.4, -0.2) is 22.6 Å². The molecule has 0 spiro atoms. The summed E-state index contributed by atoms with van der Waals surface area (Å²) in [7, 11) is 1.92. The van der Waals surface area contributed by atoms with Gasteiger partial charge in [-0.15, -0.1) is 0 Å². The van der Waals surface area contributed by atoms with Crippen LogP contribution in [0.25, 0.3) is 11.3 Å². The van der Waals surface area contributed by atoms with Crippen molar-refractivity contribution in [2.75, 3.05) is 7.05 Å². The smallest absolute Gasteiger partial charge is 0.435 e. The summed E-state index contributed by atoms with van der Waals surface area (Å²) < 4.78 is 12.0. The Morgan fingerprint density at radius 3 is 2.38 bits per heavy atom. The number of nitrogens with zero attached hydrogens (tertiary/aromatic N) is 2. The van der Waals surface area contributed by atoms with Gasteiger partial charge in [0.1, 0.15) is 13.2 Å². The molecule has 1 amide bonds. The zero-order valence-electron chi connectivity index (χ0n) is 18.0. The van der Waals surface area contributed by atoms with Crippen LogP contribution in [0.5, 0.6) is 0 Å². The van der Waals surface area contributed by atoms with Crippen molar-refractivity contribution >= 4 is 6.09 Å². The molecular weight excluding hydrogens is 400 g/mol. The third-order valence-electron chi connectivity index (χ3n) is 6.21. The molecule has 32 heavy (non-hydrogen) atoms. The van der Waals surface area contributed by atoms with Crippen molar-refractivity contribution in [3.63, 3.8) is 0 Å². The number of carbonyl (C=O) groups is 1. The number of hydrogen-bond donors (Lipinski definition) is 0. The van der Waals surface area contributed by atoms with Crippen molar-refractivity contribution in [3.05, 3.63) is 114 Å². The van der Waals surface area contributed by atoms with Crippen molar-refractivity contribution < 1.29 is 18.4 Å². The molecular formula is C27H25N2O3+. The van der Waals surface area contributed by atoms with Crippen LogP contribution in [0.15, 0.2) is 95.5 Å². The Morgan fingerprint density at radius 1 is 0.969 bits per heavy atom. The molecule has 3 aromatic carbocycles. The summed E-state index contributed by atoms with van der Waals surface area (Å²) in [4.78, 5) is 18.0. The first-order valence-corrected chi connectivity index (χ1v) is 10.8. The molecule has 0 N–H and O–H groups in total. The molecule has 0 bridgehead atoms. The van der Waals surface area contributed by atoms with E-state index >= 15 is 0 Å². The number of hydrogen-bond acceptors (Lipinski definition) is 4. The zero-order valence-corrected chi connectivity index (χ0v) is 18.0. The van der Waals surface area contributed by atoms with Crippen molar-refractivity contribution in [1.82, 2.24) is 4.98 Å². The van der Waals surface area contributed by atoms with Crippen LogP contribution in [0.2, 0.25) is 0 Å². The van der Waals surface area contributed by atoms with E-state index < -0.39 is 0 Å². The van der Waals surface area contributed by atoms with E-state index in [-0.39, 0.29) is 23.2 Å². The fourth-order valence-corrected chi connectivity index (χ4v) is 4.35. The van der Waals surface area contributed by atoms with E-state index in [4.69, 9.17) is 9.15 Å². The van der Waals surface area contributed by atoms with Gasteiger partial charge >= 0.3 is 6.09 Å². The molecule has 1 unspecified atom stereocenters. The average Bonchev–Trinajstić information content (AvgIpc) is 3.33. The second kappa shape index (κ2) is 8.44. The van der Waals surface area contributed by atoms with Gasteiger partial charge in [0.05, 0.1) is 13.2 Å². The Hall–Kier alpha value is -3.70. The number of benzene rings is 3. The molecule has 4 aromatic rings. The SMILES string of the molecule is C[N+]1(C(=O)OCc2ccccc2)Cc2ccccc2C[C@H]1c1ncc(-c2ccccc2)o1. The number of quaternary nitrogens is 1. The lowest BCUT2D eigenvalue weighted by atomic mass is 9.92. The van der Waals surface area contributed by atoms with Crippen molar-refractivity contribution in [2.24, 2.45) is 0 Å². The molecule has 1 aliphatic heterocycles. The molecule has 5 rings (SSSR count). The molecule has 2 heterocycles. The summed E-state index contributed by atoms with van der Waals surface area (Å²) in [6, 6.07) is 27.6. The number of aromatic nitrogens is 1. The van der Waals surface area contributed by atoms with Crippen LogP contribution < -0.4 is 0 Å². The van der Waals surface area contributed by atoms with Crippen molar-refractivity contribution in [1.29, 1.82) is 0 Å². The highest BCUT2D eigenvalue weighted by molar-refractivity contribution is 5.61. The predicted molar refractivity (Wildman–Crippen MR) is 121 cm³/mol. The maximum Gasteiger partial charge on any atom is 0.517 e. The Morgan fingerprint density at radius 2 is 1.62 bits per heavy atom. The van der Waals surface area contributed by atoms with Crippen LogP contribution in [0.3, 0.4) is 0 Å². The lowest BCUT2D eigenvalue weighted by Gasteiger charge is -2.39. The monoisotopic (exact) mass is 425 g/mol. The van der Waals surface area contributed by atoms with Crippen LogP contribution >= 0.6 is 0 Å². The van der Waals surface area contributed by atoms with E-state index in [1.54, 1.807) is 6.20 Å². The largest absolute Gasteiger partial charge is 0.517 e. The molecule has 0 saturated carbocycles. The van der Waals surface area contributed by atoms with E-state index in [1.807, 2.05) is 79.8 Å². The molecule has 1 aliphatic rings. The number of rotatable bonds is 4. The number of amides is 1. The van der Waals surface area contributed by atoms with E-state index in [1.165, 1.54) is 5.56 Å². The van der Waals surface area contributed by atoms with Gasteiger partial charge in [-0.3, -0.25) is 0 Å². The Bertz CT molecular complexity index is 1220. The first-order chi connectivity index (χ1) is 15.6. The Labute approximate surface area is 187 Å². The van der Waals surface area contributed by atoms with Crippen LogP contribution in [0.1, 0.15) is 28.6 Å². The van der Waals surface area contributed by atoms with E-state index in [0.29, 0.717) is 24.6 Å². The highest BCUT2D eigenvalue weighted by Gasteiger charge is 2.49. The lowest BCUT2D eigenvalue weighted by molar-refractivity contribution is -0.887. The summed E-state index contributed by atoms with van der Waals surface area (Å²) in [6.07, 6.45) is 2.11. The highest BCUT2D eigenvalue weighted by Crippen LogP contribution is 2.40. The fourth-order valence-electron chi connectivity index (χ4n) is 4.35. The minimum atomic E-state index is -0.284. The number of likely N-dealkylation sites (N-methyl/N-ethyl adjacent to an activating group) is 1. The van der Waals surface area contributed by atoms with Gasteiger partial charge in [0.15, 0.2) is 11.8 Å². The second-order valence-corrected chi connectivity index (χ2v) is 8.38. The molecule has 1 aromatic heterocycles. The van der Waals surface area contributed by atoms with E-state index in [0.717, 1.165) is 16.7 Å². The van der Waals surface area contributed by atoms with E-state index in [9.17, 15) is 4.79 Å². The molecule has 160 valence electrons. The Balaban J connectivity index is 1.47. The number of carbonyl (C=O) groups excluding carboxylic acids is 1. The summed E-state index contributed by atoms with van der Waals surface area (Å²) >= 11 is 0. The first-order valence-electron chi connectivity index (χ1n) is 10.8. The lowest BCUT2D eigenvalue weighted by Crippen LogP contribution is -2.54. The highest BCUT2D eigenvalue weighted by atomic mass is 16.6. The van der Waals surface area contributed by atoms with Gasteiger partial charge in [0.25, 0.3) is 5.89 Å². The summed E-state index contributed by atoms with van der Waals surface area (Å²) in [5.74, 6) is 1.25. The predicted octanol–water partition coefficient (Wildman–Crippen LogP) is 5.92. The van der Waals surface area contributed by atoms with E-state index in [2.05, 4.69) is 17.1 Å². The van der Waals surface area contributed by atoms with Crippen LogP contribution in [-0.2, 0) is 24.3 Å².